The zero-order chi connectivity index (χ0) is 23.7. The zero-order valence-electron chi connectivity index (χ0n) is 18.4. The normalized spacial score (nSPS) is 26.0. The monoisotopic (exact) mass is 483 g/mol. The molecule has 0 radical (unpaired) electrons. The minimum absolute atomic E-state index is 0.111. The number of ether oxygens (including phenoxy) is 3. The Morgan fingerprint density at radius 1 is 1.09 bits per heavy atom. The van der Waals surface area contributed by atoms with Crippen molar-refractivity contribution in [1.29, 1.82) is 0 Å². The van der Waals surface area contributed by atoms with Crippen molar-refractivity contribution in [3.8, 4) is 5.75 Å². The average molecular weight is 484 g/mol. The average Bonchev–Trinajstić information content (AvgIpc) is 3.41. The van der Waals surface area contributed by atoms with Gasteiger partial charge >= 0.3 is 0 Å². The van der Waals surface area contributed by atoms with E-state index in [1.807, 2.05) is 30.3 Å². The molecule has 9 nitrogen and oxygen atoms in total. The van der Waals surface area contributed by atoms with E-state index in [-0.39, 0.29) is 6.61 Å². The molecule has 4 heterocycles. The number of hydrogen-bond acceptors (Lipinski definition) is 10. The zero-order valence-corrected chi connectivity index (χ0v) is 19.2. The Kier molecular flexibility index (Phi) is 6.59. The quantitative estimate of drug-likeness (QED) is 0.403. The highest BCUT2D eigenvalue weighted by atomic mass is 32.1. The molecule has 4 N–H and O–H groups in total. The summed E-state index contributed by atoms with van der Waals surface area (Å²) >= 11 is 1.31. The molecular formula is C24H25N3O6S. The summed E-state index contributed by atoms with van der Waals surface area (Å²) in [4.78, 5) is 9.54. The molecule has 178 valence electrons. The van der Waals surface area contributed by atoms with Gasteiger partial charge in [0.15, 0.2) is 12.1 Å². The van der Waals surface area contributed by atoms with Gasteiger partial charge < -0.3 is 34.8 Å². The van der Waals surface area contributed by atoms with Crippen molar-refractivity contribution in [2.75, 3.05) is 13.7 Å². The number of rotatable bonds is 7. The summed E-state index contributed by atoms with van der Waals surface area (Å²) < 4.78 is 16.9. The van der Waals surface area contributed by atoms with Gasteiger partial charge in [0, 0.05) is 11.8 Å². The smallest absolute Gasteiger partial charge is 0.163 e. The second-order valence-corrected chi connectivity index (χ2v) is 8.98. The Morgan fingerprint density at radius 3 is 2.65 bits per heavy atom. The lowest BCUT2D eigenvalue weighted by atomic mass is 10.0. The maximum absolute atomic E-state index is 10.7. The van der Waals surface area contributed by atoms with Crippen molar-refractivity contribution in [2.24, 2.45) is 4.99 Å². The molecule has 1 saturated heterocycles. The Balaban J connectivity index is 1.30. The van der Waals surface area contributed by atoms with E-state index in [1.165, 1.54) is 11.3 Å². The van der Waals surface area contributed by atoms with Gasteiger partial charge in [0.25, 0.3) is 0 Å². The second kappa shape index (κ2) is 9.79. The SMILES string of the molecule is COc1ccc(COC[C@H]2O[C@@H](c3csc4c3N=C(c3ccccn3)NC4O)[C@H](O)[C@@H]2O)cc1. The number of thiophene rings is 1. The van der Waals surface area contributed by atoms with Gasteiger partial charge in [-0.2, -0.15) is 0 Å². The van der Waals surface area contributed by atoms with Gasteiger partial charge in [0.1, 0.15) is 35.9 Å². The van der Waals surface area contributed by atoms with Crippen LogP contribution in [0.3, 0.4) is 0 Å². The van der Waals surface area contributed by atoms with Crippen LogP contribution >= 0.6 is 11.3 Å². The standard InChI is InChI=1S/C24H25N3O6S/c1-31-14-7-5-13(6-8-14)10-32-11-17-19(28)20(29)21(33-17)15-12-34-22-18(15)26-23(27-24(22)30)16-4-2-3-9-25-16/h2-9,12,17,19-21,24,28-30H,10-11H2,1H3,(H,26,27)/t17-,19-,20-,21+,24?/m1/s1. The molecule has 0 amide bonds. The number of aliphatic hydroxyl groups is 3. The first kappa shape index (κ1) is 22.9. The molecular weight excluding hydrogens is 458 g/mol. The number of benzene rings is 1. The first-order chi connectivity index (χ1) is 16.5. The first-order valence-electron chi connectivity index (χ1n) is 10.8. The molecule has 1 fully saturated rings. The number of nitrogens with zero attached hydrogens (tertiary/aromatic N) is 2. The maximum Gasteiger partial charge on any atom is 0.163 e. The summed E-state index contributed by atoms with van der Waals surface area (Å²) in [6, 6.07) is 12.9. The van der Waals surface area contributed by atoms with Gasteiger partial charge in [-0.25, -0.2) is 4.99 Å². The van der Waals surface area contributed by atoms with E-state index in [0.717, 1.165) is 11.3 Å². The van der Waals surface area contributed by atoms with Crippen molar-refractivity contribution >= 4 is 22.9 Å². The summed E-state index contributed by atoms with van der Waals surface area (Å²) in [5.74, 6) is 1.19. The number of pyridine rings is 1. The molecule has 2 aromatic heterocycles. The van der Waals surface area contributed by atoms with E-state index in [9.17, 15) is 15.3 Å². The van der Waals surface area contributed by atoms with Gasteiger partial charge in [-0.15, -0.1) is 11.3 Å². The van der Waals surface area contributed by atoms with Crippen LogP contribution in [0.15, 0.2) is 59.0 Å². The number of nitrogens with one attached hydrogen (secondary N) is 1. The van der Waals surface area contributed by atoms with Crippen LogP contribution in [0.4, 0.5) is 5.69 Å². The summed E-state index contributed by atoms with van der Waals surface area (Å²) in [5, 5.41) is 36.7. The highest BCUT2D eigenvalue weighted by Crippen LogP contribution is 2.45. The summed E-state index contributed by atoms with van der Waals surface area (Å²) in [6.45, 7) is 0.445. The Hall–Kier alpha value is -2.86. The molecule has 0 spiro atoms. The lowest BCUT2D eigenvalue weighted by molar-refractivity contribution is -0.0488. The van der Waals surface area contributed by atoms with Crippen LogP contribution in [0.25, 0.3) is 0 Å². The van der Waals surface area contributed by atoms with Crippen molar-refractivity contribution in [1.82, 2.24) is 10.3 Å². The third kappa shape index (κ3) is 4.43. The highest BCUT2D eigenvalue weighted by Gasteiger charge is 2.45. The van der Waals surface area contributed by atoms with Crippen LogP contribution in [-0.4, -0.2) is 58.2 Å². The van der Waals surface area contributed by atoms with Crippen LogP contribution in [0, 0.1) is 0 Å². The lowest BCUT2D eigenvalue weighted by Gasteiger charge is -2.22. The fraction of sp³-hybridized carbons (Fsp3) is 0.333. The number of methoxy groups -OCH3 is 1. The van der Waals surface area contributed by atoms with Gasteiger partial charge in [0.05, 0.1) is 30.9 Å². The fourth-order valence-electron chi connectivity index (χ4n) is 4.03. The second-order valence-electron chi connectivity index (χ2n) is 8.07. The molecule has 1 unspecified atom stereocenters. The minimum atomic E-state index is -1.16. The van der Waals surface area contributed by atoms with Crippen LogP contribution < -0.4 is 10.1 Å². The minimum Gasteiger partial charge on any atom is -0.497 e. The number of hydrogen-bond donors (Lipinski definition) is 4. The largest absolute Gasteiger partial charge is 0.497 e. The maximum atomic E-state index is 10.7. The third-order valence-corrected chi connectivity index (χ3v) is 6.89. The van der Waals surface area contributed by atoms with Crippen molar-refractivity contribution in [3.63, 3.8) is 0 Å². The van der Waals surface area contributed by atoms with E-state index in [1.54, 1.807) is 30.8 Å². The molecule has 0 saturated carbocycles. The Labute approximate surface area is 200 Å². The number of aromatic nitrogens is 1. The van der Waals surface area contributed by atoms with Crippen LogP contribution in [0.5, 0.6) is 5.75 Å². The third-order valence-electron chi connectivity index (χ3n) is 5.85. The molecule has 2 aliphatic rings. The number of amidine groups is 1. The Bertz CT molecular complexity index is 1150. The molecule has 5 atom stereocenters. The van der Waals surface area contributed by atoms with E-state index >= 15 is 0 Å². The van der Waals surface area contributed by atoms with Crippen LogP contribution in [0.1, 0.15) is 34.0 Å². The van der Waals surface area contributed by atoms with Gasteiger partial charge in [-0.1, -0.05) is 18.2 Å². The van der Waals surface area contributed by atoms with E-state index in [2.05, 4.69) is 15.3 Å². The molecule has 10 heteroatoms. The summed E-state index contributed by atoms with van der Waals surface area (Å²) in [5.41, 5.74) is 2.67. The molecule has 5 rings (SSSR count). The summed E-state index contributed by atoms with van der Waals surface area (Å²) in [6.07, 6.45) is -3.11. The number of fused-ring (bicyclic) bond motifs is 1. The molecule has 3 aromatic rings. The molecule has 0 bridgehead atoms. The predicted molar refractivity (Wildman–Crippen MR) is 125 cm³/mol. The molecule has 0 aliphatic carbocycles. The van der Waals surface area contributed by atoms with E-state index in [0.29, 0.717) is 34.3 Å². The van der Waals surface area contributed by atoms with Crippen LogP contribution in [-0.2, 0) is 16.1 Å². The Morgan fingerprint density at radius 2 is 1.91 bits per heavy atom. The first-order valence-corrected chi connectivity index (χ1v) is 11.7. The van der Waals surface area contributed by atoms with Gasteiger partial charge in [-0.05, 0) is 35.2 Å². The predicted octanol–water partition coefficient (Wildman–Crippen LogP) is 2.20. The highest BCUT2D eigenvalue weighted by molar-refractivity contribution is 7.10. The number of aliphatic hydroxyl groups excluding tert-OH is 3. The van der Waals surface area contributed by atoms with E-state index < -0.39 is 30.6 Å². The molecule has 34 heavy (non-hydrogen) atoms. The molecule has 1 aromatic carbocycles. The number of aliphatic imine (C=N–C) groups is 1. The van der Waals surface area contributed by atoms with Gasteiger partial charge in [0.2, 0.25) is 0 Å². The topological polar surface area (TPSA) is 126 Å². The van der Waals surface area contributed by atoms with Crippen molar-refractivity contribution < 1.29 is 29.5 Å². The summed E-state index contributed by atoms with van der Waals surface area (Å²) in [7, 11) is 1.61. The van der Waals surface area contributed by atoms with Crippen LogP contribution in [0.2, 0.25) is 0 Å². The van der Waals surface area contributed by atoms with Gasteiger partial charge in [-0.3, -0.25) is 4.98 Å². The van der Waals surface area contributed by atoms with Crippen molar-refractivity contribution in [2.45, 2.75) is 37.3 Å². The molecule has 2 aliphatic heterocycles. The lowest BCUT2D eigenvalue weighted by Crippen LogP contribution is -2.33. The fourth-order valence-corrected chi connectivity index (χ4v) is 4.99. The van der Waals surface area contributed by atoms with E-state index in [4.69, 9.17) is 14.2 Å². The van der Waals surface area contributed by atoms with Crippen molar-refractivity contribution in [3.05, 3.63) is 75.7 Å².